The number of carbonyl (C=O) groups is 2. The average Bonchev–Trinajstić information content (AvgIpc) is 3.00. The summed E-state index contributed by atoms with van der Waals surface area (Å²) < 4.78 is 5.30. The number of hydrogen-bond donors (Lipinski definition) is 1. The van der Waals surface area contributed by atoms with E-state index in [1.807, 2.05) is 48.3 Å². The van der Waals surface area contributed by atoms with Gasteiger partial charge in [0.2, 0.25) is 11.8 Å². The van der Waals surface area contributed by atoms with Crippen LogP contribution in [0.25, 0.3) is 10.8 Å². The summed E-state index contributed by atoms with van der Waals surface area (Å²) in [5, 5.41) is 4.98. The van der Waals surface area contributed by atoms with Gasteiger partial charge in [-0.2, -0.15) is 0 Å². The molecule has 2 aliphatic heterocycles. The van der Waals surface area contributed by atoms with Crippen LogP contribution in [0, 0.1) is 5.92 Å². The van der Waals surface area contributed by atoms with Crippen molar-refractivity contribution in [2.45, 2.75) is 12.5 Å². The highest BCUT2D eigenvalue weighted by molar-refractivity contribution is 6.04. The Bertz CT molecular complexity index is 861. The van der Waals surface area contributed by atoms with Gasteiger partial charge in [0.1, 0.15) is 5.75 Å². The predicted molar refractivity (Wildman–Crippen MR) is 100 cm³/mol. The number of nitrogens with one attached hydrogen (secondary N) is 1. The van der Waals surface area contributed by atoms with Crippen LogP contribution in [0.4, 0.5) is 5.69 Å². The molecule has 0 aliphatic carbocycles. The molecule has 0 saturated carbocycles. The van der Waals surface area contributed by atoms with Crippen molar-refractivity contribution in [3.8, 4) is 5.75 Å². The molecule has 2 aliphatic rings. The van der Waals surface area contributed by atoms with E-state index >= 15 is 0 Å². The fourth-order valence-corrected chi connectivity index (χ4v) is 3.85. The topological polar surface area (TPSA) is 61.9 Å². The van der Waals surface area contributed by atoms with Crippen molar-refractivity contribution in [3.05, 3.63) is 36.4 Å². The first-order valence-corrected chi connectivity index (χ1v) is 8.91. The highest BCUT2D eigenvalue weighted by Gasteiger charge is 2.41. The highest BCUT2D eigenvalue weighted by atomic mass is 16.5. The van der Waals surface area contributed by atoms with Gasteiger partial charge in [-0.15, -0.1) is 0 Å². The molecular formula is C20H23N3O3. The number of likely N-dealkylation sites (tertiary alicyclic amines) is 2. The smallest absolute Gasteiger partial charge is 0.229 e. The normalized spacial score (nSPS) is 21.1. The largest absolute Gasteiger partial charge is 0.497 e. The number of rotatable bonds is 4. The SMILES string of the molecule is COc1ccc2cccc(NC(=O)C3CC(=O)N(C4CN(C)C4)C3)c2c1. The van der Waals surface area contributed by atoms with Crippen molar-refractivity contribution in [1.29, 1.82) is 0 Å². The molecule has 0 spiro atoms. The Balaban J connectivity index is 1.50. The Labute approximate surface area is 152 Å². The lowest BCUT2D eigenvalue weighted by atomic mass is 10.1. The van der Waals surface area contributed by atoms with Gasteiger partial charge < -0.3 is 19.9 Å². The van der Waals surface area contributed by atoms with Crippen LogP contribution < -0.4 is 10.1 Å². The van der Waals surface area contributed by atoms with Crippen molar-refractivity contribution in [3.63, 3.8) is 0 Å². The number of carbonyl (C=O) groups excluding carboxylic acids is 2. The monoisotopic (exact) mass is 353 g/mol. The number of benzene rings is 2. The lowest BCUT2D eigenvalue weighted by molar-refractivity contribution is -0.132. The molecule has 26 heavy (non-hydrogen) atoms. The molecule has 4 rings (SSSR count). The fourth-order valence-electron chi connectivity index (χ4n) is 3.85. The minimum atomic E-state index is -0.297. The maximum Gasteiger partial charge on any atom is 0.229 e. The van der Waals surface area contributed by atoms with Gasteiger partial charge in [-0.25, -0.2) is 0 Å². The van der Waals surface area contributed by atoms with Crippen molar-refractivity contribution in [2.75, 3.05) is 39.1 Å². The van der Waals surface area contributed by atoms with E-state index in [0.717, 1.165) is 35.3 Å². The molecular weight excluding hydrogens is 330 g/mol. The number of likely N-dealkylation sites (N-methyl/N-ethyl adjacent to an activating group) is 1. The standard InChI is InChI=1S/C20H23N3O3/c1-22-11-15(12-22)23-10-14(8-19(23)24)20(25)21-18-5-3-4-13-6-7-16(26-2)9-17(13)18/h3-7,9,14-15H,8,10-12H2,1-2H3,(H,21,25). The van der Waals surface area contributed by atoms with E-state index in [2.05, 4.69) is 10.2 Å². The van der Waals surface area contributed by atoms with Gasteiger partial charge in [0.05, 0.1) is 19.1 Å². The van der Waals surface area contributed by atoms with Crippen LogP contribution in [0.1, 0.15) is 6.42 Å². The lowest BCUT2D eigenvalue weighted by Crippen LogP contribution is -2.58. The number of nitrogens with zero attached hydrogens (tertiary/aromatic N) is 2. The molecule has 1 atom stereocenters. The summed E-state index contributed by atoms with van der Waals surface area (Å²) in [6, 6.07) is 11.8. The molecule has 6 nitrogen and oxygen atoms in total. The zero-order valence-corrected chi connectivity index (χ0v) is 15.1. The third kappa shape index (κ3) is 3.01. The maximum atomic E-state index is 12.8. The second-order valence-electron chi connectivity index (χ2n) is 7.20. The Hall–Kier alpha value is -2.60. The highest BCUT2D eigenvalue weighted by Crippen LogP contribution is 2.29. The third-order valence-electron chi connectivity index (χ3n) is 5.36. The van der Waals surface area contributed by atoms with E-state index in [0.29, 0.717) is 13.0 Å². The molecule has 2 aromatic carbocycles. The summed E-state index contributed by atoms with van der Waals surface area (Å²) in [5.41, 5.74) is 0.751. The Morgan fingerprint density at radius 3 is 2.73 bits per heavy atom. The molecule has 2 heterocycles. The molecule has 1 unspecified atom stereocenters. The molecule has 6 heteroatoms. The number of ether oxygens (including phenoxy) is 1. The van der Waals surface area contributed by atoms with Gasteiger partial charge in [-0.05, 0) is 30.6 Å². The van der Waals surface area contributed by atoms with Crippen LogP contribution >= 0.6 is 0 Å². The first-order valence-electron chi connectivity index (χ1n) is 8.91. The molecule has 136 valence electrons. The van der Waals surface area contributed by atoms with E-state index < -0.39 is 0 Å². The van der Waals surface area contributed by atoms with Crippen LogP contribution in [0.5, 0.6) is 5.75 Å². The van der Waals surface area contributed by atoms with Crippen molar-refractivity contribution < 1.29 is 14.3 Å². The Morgan fingerprint density at radius 2 is 2.00 bits per heavy atom. The zero-order valence-electron chi connectivity index (χ0n) is 15.1. The second kappa shape index (κ2) is 6.61. The van der Waals surface area contributed by atoms with Crippen molar-refractivity contribution >= 4 is 28.3 Å². The van der Waals surface area contributed by atoms with E-state index in [9.17, 15) is 9.59 Å². The number of amides is 2. The number of anilines is 1. The predicted octanol–water partition coefficient (Wildman–Crippen LogP) is 1.95. The molecule has 2 fully saturated rings. The third-order valence-corrected chi connectivity index (χ3v) is 5.36. The van der Waals surface area contributed by atoms with Crippen LogP contribution in [-0.4, -0.2) is 61.4 Å². The van der Waals surface area contributed by atoms with E-state index in [4.69, 9.17) is 4.74 Å². The molecule has 0 bridgehead atoms. The van der Waals surface area contributed by atoms with Gasteiger partial charge in [0.15, 0.2) is 0 Å². The van der Waals surface area contributed by atoms with E-state index in [1.165, 1.54) is 0 Å². The minimum Gasteiger partial charge on any atom is -0.497 e. The Kier molecular flexibility index (Phi) is 4.28. The van der Waals surface area contributed by atoms with Crippen LogP contribution in [0.3, 0.4) is 0 Å². The summed E-state index contributed by atoms with van der Waals surface area (Å²) in [4.78, 5) is 29.1. The minimum absolute atomic E-state index is 0.0860. The molecule has 0 radical (unpaired) electrons. The quantitative estimate of drug-likeness (QED) is 0.913. The van der Waals surface area contributed by atoms with Gasteiger partial charge in [0.25, 0.3) is 0 Å². The summed E-state index contributed by atoms with van der Waals surface area (Å²) >= 11 is 0. The van der Waals surface area contributed by atoms with Crippen molar-refractivity contribution in [1.82, 2.24) is 9.80 Å². The molecule has 2 aromatic rings. The molecule has 1 N–H and O–H groups in total. The van der Waals surface area contributed by atoms with E-state index in [-0.39, 0.29) is 23.8 Å². The first-order chi connectivity index (χ1) is 12.5. The molecule has 0 aromatic heterocycles. The van der Waals surface area contributed by atoms with Gasteiger partial charge in [-0.1, -0.05) is 18.2 Å². The van der Waals surface area contributed by atoms with Gasteiger partial charge in [0, 0.05) is 37.1 Å². The average molecular weight is 353 g/mol. The van der Waals surface area contributed by atoms with E-state index in [1.54, 1.807) is 7.11 Å². The summed E-state index contributed by atoms with van der Waals surface area (Å²) in [6.07, 6.45) is 0.292. The Morgan fingerprint density at radius 1 is 1.19 bits per heavy atom. The lowest BCUT2D eigenvalue weighted by Gasteiger charge is -2.42. The summed E-state index contributed by atoms with van der Waals surface area (Å²) in [7, 11) is 3.66. The number of methoxy groups -OCH3 is 1. The van der Waals surface area contributed by atoms with Gasteiger partial charge >= 0.3 is 0 Å². The molecule has 2 saturated heterocycles. The zero-order chi connectivity index (χ0) is 18.3. The van der Waals surface area contributed by atoms with Crippen LogP contribution in [0.15, 0.2) is 36.4 Å². The molecule has 2 amide bonds. The number of hydrogen-bond acceptors (Lipinski definition) is 4. The summed E-state index contributed by atoms with van der Waals surface area (Å²) in [5.74, 6) is 0.441. The van der Waals surface area contributed by atoms with Crippen molar-refractivity contribution in [2.24, 2.45) is 5.92 Å². The fraction of sp³-hybridized carbons (Fsp3) is 0.400. The summed E-state index contributed by atoms with van der Waals surface area (Å²) in [6.45, 7) is 2.30. The number of fused-ring (bicyclic) bond motifs is 1. The van der Waals surface area contributed by atoms with Crippen LogP contribution in [0.2, 0.25) is 0 Å². The maximum absolute atomic E-state index is 12.8. The second-order valence-corrected chi connectivity index (χ2v) is 7.20. The van der Waals surface area contributed by atoms with Crippen LogP contribution in [-0.2, 0) is 9.59 Å². The first kappa shape index (κ1) is 16.8. The van der Waals surface area contributed by atoms with Gasteiger partial charge in [-0.3, -0.25) is 9.59 Å².